The lowest BCUT2D eigenvalue weighted by Gasteiger charge is -2.44. The molecule has 1 rings (SSSR count). The van der Waals surface area contributed by atoms with E-state index in [1.807, 2.05) is 13.8 Å². The predicted octanol–water partition coefficient (Wildman–Crippen LogP) is 0.912. The number of rotatable bonds is 3. The highest BCUT2D eigenvalue weighted by Crippen LogP contribution is 2.24. The maximum absolute atomic E-state index is 11.8. The van der Waals surface area contributed by atoms with Gasteiger partial charge < -0.3 is 10.2 Å². The summed E-state index contributed by atoms with van der Waals surface area (Å²) in [4.78, 5) is 25.0. The first kappa shape index (κ1) is 12.0. The van der Waals surface area contributed by atoms with Gasteiger partial charge in [0.15, 0.2) is 0 Å². The van der Waals surface area contributed by atoms with Crippen LogP contribution in [0.1, 0.15) is 40.5 Å². The van der Waals surface area contributed by atoms with Gasteiger partial charge in [0.25, 0.3) is 0 Å². The molecule has 0 saturated carbocycles. The van der Waals surface area contributed by atoms with Crippen LogP contribution < -0.4 is 5.32 Å². The second-order valence-electron chi connectivity index (χ2n) is 4.72. The summed E-state index contributed by atoms with van der Waals surface area (Å²) in [7, 11) is 0. The minimum absolute atomic E-state index is 0.0144. The lowest BCUT2D eigenvalue weighted by molar-refractivity contribution is -0.151. The lowest BCUT2D eigenvalue weighted by atomic mass is 9.93. The van der Waals surface area contributed by atoms with Crippen LogP contribution >= 0.6 is 0 Å². The summed E-state index contributed by atoms with van der Waals surface area (Å²) >= 11 is 0. The molecule has 0 aromatic carbocycles. The van der Waals surface area contributed by atoms with Crippen LogP contribution in [0.4, 0.5) is 0 Å². The summed E-state index contributed by atoms with van der Waals surface area (Å²) in [5.74, 6) is -0.0423. The van der Waals surface area contributed by atoms with Crippen LogP contribution in [0.5, 0.6) is 0 Å². The van der Waals surface area contributed by atoms with E-state index < -0.39 is 0 Å². The third-order valence-corrected chi connectivity index (χ3v) is 2.96. The van der Waals surface area contributed by atoms with Crippen molar-refractivity contribution in [1.29, 1.82) is 0 Å². The van der Waals surface area contributed by atoms with Crippen molar-refractivity contribution in [3.63, 3.8) is 0 Å². The van der Waals surface area contributed by atoms with Crippen molar-refractivity contribution in [3.8, 4) is 0 Å². The SMILES string of the molecule is CCCC(C)(C)N1C(=O)CNC(=O)C1C. The number of piperazine rings is 1. The molecule has 4 nitrogen and oxygen atoms in total. The number of hydrogen-bond donors (Lipinski definition) is 1. The van der Waals surface area contributed by atoms with Crippen LogP contribution in [-0.4, -0.2) is 34.8 Å². The molecule has 4 heteroatoms. The Bertz CT molecular complexity index is 274. The standard InChI is InChI=1S/C11H20N2O2/c1-5-6-11(3,4)13-8(2)10(15)12-7-9(13)14/h8H,5-7H2,1-4H3,(H,12,15). The molecule has 15 heavy (non-hydrogen) atoms. The molecule has 2 amide bonds. The molecule has 86 valence electrons. The second kappa shape index (κ2) is 4.21. The van der Waals surface area contributed by atoms with Gasteiger partial charge in [-0.05, 0) is 27.2 Å². The van der Waals surface area contributed by atoms with Crippen molar-refractivity contribution < 1.29 is 9.59 Å². The van der Waals surface area contributed by atoms with Gasteiger partial charge in [-0.15, -0.1) is 0 Å². The van der Waals surface area contributed by atoms with E-state index in [4.69, 9.17) is 0 Å². The molecule has 0 aliphatic carbocycles. The molecule has 0 radical (unpaired) electrons. The first-order valence-corrected chi connectivity index (χ1v) is 5.50. The molecule has 1 atom stereocenters. The molecule has 1 heterocycles. The summed E-state index contributed by atoms with van der Waals surface area (Å²) in [6.45, 7) is 8.04. The molecule has 1 saturated heterocycles. The maximum atomic E-state index is 11.8. The number of amides is 2. The number of carbonyl (C=O) groups excluding carboxylic acids is 2. The number of hydrogen-bond acceptors (Lipinski definition) is 2. The third-order valence-electron chi connectivity index (χ3n) is 2.96. The molecular formula is C11H20N2O2. The molecule has 1 fully saturated rings. The summed E-state index contributed by atoms with van der Waals surface area (Å²) in [6.07, 6.45) is 1.92. The summed E-state index contributed by atoms with van der Waals surface area (Å²) < 4.78 is 0. The van der Waals surface area contributed by atoms with E-state index in [1.165, 1.54) is 0 Å². The predicted molar refractivity (Wildman–Crippen MR) is 58.3 cm³/mol. The van der Waals surface area contributed by atoms with Crippen LogP contribution in [0.25, 0.3) is 0 Å². The van der Waals surface area contributed by atoms with E-state index in [1.54, 1.807) is 11.8 Å². The Hall–Kier alpha value is -1.06. The van der Waals surface area contributed by atoms with Crippen molar-refractivity contribution in [2.24, 2.45) is 0 Å². The van der Waals surface area contributed by atoms with E-state index in [2.05, 4.69) is 12.2 Å². The quantitative estimate of drug-likeness (QED) is 0.756. The molecule has 1 aliphatic heterocycles. The van der Waals surface area contributed by atoms with E-state index >= 15 is 0 Å². The van der Waals surface area contributed by atoms with Crippen molar-refractivity contribution in [2.75, 3.05) is 6.54 Å². The maximum Gasteiger partial charge on any atom is 0.243 e. The summed E-state index contributed by atoms with van der Waals surface area (Å²) in [5, 5.41) is 2.60. The van der Waals surface area contributed by atoms with Gasteiger partial charge in [-0.3, -0.25) is 9.59 Å². The first-order valence-electron chi connectivity index (χ1n) is 5.50. The average molecular weight is 212 g/mol. The molecule has 1 N–H and O–H groups in total. The van der Waals surface area contributed by atoms with Gasteiger partial charge >= 0.3 is 0 Å². The first-order chi connectivity index (χ1) is 6.90. The van der Waals surface area contributed by atoms with Crippen LogP contribution in [0.2, 0.25) is 0 Å². The topological polar surface area (TPSA) is 49.4 Å². The largest absolute Gasteiger partial charge is 0.345 e. The number of nitrogens with one attached hydrogen (secondary N) is 1. The van der Waals surface area contributed by atoms with Gasteiger partial charge in [0.05, 0.1) is 6.54 Å². The Morgan fingerprint density at radius 1 is 1.47 bits per heavy atom. The van der Waals surface area contributed by atoms with Crippen LogP contribution in [0.3, 0.4) is 0 Å². The van der Waals surface area contributed by atoms with Gasteiger partial charge in [0.2, 0.25) is 11.8 Å². The van der Waals surface area contributed by atoms with Crippen molar-refractivity contribution in [3.05, 3.63) is 0 Å². The fourth-order valence-electron chi connectivity index (χ4n) is 2.32. The zero-order valence-corrected chi connectivity index (χ0v) is 9.96. The highest BCUT2D eigenvalue weighted by Gasteiger charge is 2.39. The van der Waals surface area contributed by atoms with E-state index in [0.29, 0.717) is 0 Å². The van der Waals surface area contributed by atoms with E-state index in [0.717, 1.165) is 12.8 Å². The third kappa shape index (κ3) is 2.30. The van der Waals surface area contributed by atoms with Gasteiger partial charge in [0, 0.05) is 5.54 Å². The van der Waals surface area contributed by atoms with Crippen molar-refractivity contribution >= 4 is 11.8 Å². The normalized spacial score (nSPS) is 22.9. The van der Waals surface area contributed by atoms with E-state index in [9.17, 15) is 9.59 Å². The van der Waals surface area contributed by atoms with Crippen molar-refractivity contribution in [2.45, 2.75) is 52.1 Å². The highest BCUT2D eigenvalue weighted by atomic mass is 16.2. The van der Waals surface area contributed by atoms with Crippen LogP contribution in [-0.2, 0) is 9.59 Å². The minimum atomic E-state index is -0.354. The molecule has 0 bridgehead atoms. The second-order valence-corrected chi connectivity index (χ2v) is 4.72. The highest BCUT2D eigenvalue weighted by molar-refractivity contribution is 5.94. The Balaban J connectivity index is 2.89. The zero-order valence-electron chi connectivity index (χ0n) is 9.96. The summed E-state index contributed by atoms with van der Waals surface area (Å²) in [5.41, 5.74) is -0.233. The fourth-order valence-corrected chi connectivity index (χ4v) is 2.32. The Morgan fingerprint density at radius 3 is 2.60 bits per heavy atom. The zero-order chi connectivity index (χ0) is 11.6. The monoisotopic (exact) mass is 212 g/mol. The van der Waals surface area contributed by atoms with Gasteiger partial charge in [-0.25, -0.2) is 0 Å². The lowest BCUT2D eigenvalue weighted by Crippen LogP contribution is -2.63. The molecule has 0 aromatic heterocycles. The fraction of sp³-hybridized carbons (Fsp3) is 0.818. The Kier molecular flexibility index (Phi) is 3.37. The smallest absolute Gasteiger partial charge is 0.243 e. The van der Waals surface area contributed by atoms with Crippen LogP contribution in [0.15, 0.2) is 0 Å². The van der Waals surface area contributed by atoms with Gasteiger partial charge in [-0.1, -0.05) is 13.3 Å². The summed E-state index contributed by atoms with van der Waals surface area (Å²) in [6, 6.07) is -0.354. The molecule has 1 unspecified atom stereocenters. The number of nitrogens with zero attached hydrogens (tertiary/aromatic N) is 1. The van der Waals surface area contributed by atoms with Crippen molar-refractivity contribution in [1.82, 2.24) is 10.2 Å². The minimum Gasteiger partial charge on any atom is -0.345 e. The Morgan fingerprint density at radius 2 is 2.07 bits per heavy atom. The van der Waals surface area contributed by atoms with E-state index in [-0.39, 0.29) is 29.9 Å². The molecule has 0 spiro atoms. The van der Waals surface area contributed by atoms with Gasteiger partial charge in [-0.2, -0.15) is 0 Å². The van der Waals surface area contributed by atoms with Crippen LogP contribution in [0, 0.1) is 0 Å². The number of carbonyl (C=O) groups is 2. The molecule has 0 aromatic rings. The van der Waals surface area contributed by atoms with Gasteiger partial charge in [0.1, 0.15) is 6.04 Å². The Labute approximate surface area is 91.0 Å². The molecule has 1 aliphatic rings. The average Bonchev–Trinajstić information content (AvgIpc) is 2.11. The molecular weight excluding hydrogens is 192 g/mol.